The van der Waals surface area contributed by atoms with Gasteiger partial charge in [0.25, 0.3) is 0 Å². The number of carbonyl (C=O) groups is 2. The van der Waals surface area contributed by atoms with Crippen molar-refractivity contribution in [1.29, 1.82) is 0 Å². The van der Waals surface area contributed by atoms with Gasteiger partial charge in [0, 0.05) is 0 Å². The molecule has 0 heterocycles. The molecule has 22 heavy (non-hydrogen) atoms. The molecule has 0 unspecified atom stereocenters. The summed E-state index contributed by atoms with van der Waals surface area (Å²) >= 11 is 0. The minimum absolute atomic E-state index is 0.297. The fourth-order valence-corrected chi connectivity index (χ4v) is 1.48. The number of benzene rings is 1. The molecule has 1 aromatic carbocycles. The highest BCUT2D eigenvalue weighted by atomic mass is 16.6. The van der Waals surface area contributed by atoms with Gasteiger partial charge in [0.2, 0.25) is 0 Å². The molecule has 1 atom stereocenters. The third kappa shape index (κ3) is 7.08. The number of nitrogens with one attached hydrogen (secondary N) is 1. The van der Waals surface area contributed by atoms with Crippen LogP contribution in [0.3, 0.4) is 0 Å². The lowest BCUT2D eigenvalue weighted by Gasteiger charge is -2.22. The second kappa shape index (κ2) is 8.38. The first-order valence-corrected chi connectivity index (χ1v) is 6.82. The van der Waals surface area contributed by atoms with Gasteiger partial charge in [-0.2, -0.15) is 0 Å². The minimum atomic E-state index is -2.12. The first-order valence-electron chi connectivity index (χ1n) is 7.82. The molecule has 0 bridgehead atoms. The molecule has 0 radical (unpaired) electrons. The first kappa shape index (κ1) is 14.8. The molecule has 1 amide bonds. The molecule has 6 nitrogen and oxygen atoms in total. The van der Waals surface area contributed by atoms with E-state index in [9.17, 15) is 9.59 Å². The molecule has 0 aliphatic carbocycles. The fraction of sp³-hybridized carbons (Fsp3) is 0.500. The van der Waals surface area contributed by atoms with Crippen molar-refractivity contribution in [3.8, 4) is 0 Å². The third-order valence-electron chi connectivity index (χ3n) is 2.39. The highest BCUT2D eigenvalue weighted by Gasteiger charge is 2.25. The van der Waals surface area contributed by atoms with E-state index >= 15 is 0 Å². The van der Waals surface area contributed by atoms with Crippen molar-refractivity contribution in [2.24, 2.45) is 0 Å². The number of esters is 1. The molecular formula is C16H23NO5. The highest BCUT2D eigenvalue weighted by molar-refractivity contribution is 5.81. The number of amides is 1. The van der Waals surface area contributed by atoms with E-state index in [2.05, 4.69) is 10.1 Å². The number of carbonyl (C=O) groups excluding carboxylic acids is 2. The quantitative estimate of drug-likeness (QED) is 0.816. The third-order valence-corrected chi connectivity index (χ3v) is 2.39. The van der Waals surface area contributed by atoms with E-state index in [0.717, 1.165) is 7.11 Å². The molecule has 0 aromatic heterocycles. The van der Waals surface area contributed by atoms with Crippen LogP contribution in [0.15, 0.2) is 30.3 Å². The Morgan fingerprint density at radius 1 is 1.27 bits per heavy atom. The zero-order valence-electron chi connectivity index (χ0n) is 15.2. The lowest BCUT2D eigenvalue weighted by atomic mass is 10.2. The SMILES string of the molecule is [2H]C([2H])(OC[C@H](NC(=O)OC(C)(C)C)C(=O)OC)c1ccccc1. The predicted molar refractivity (Wildman–Crippen MR) is 81.3 cm³/mol. The Morgan fingerprint density at radius 3 is 2.45 bits per heavy atom. The Kier molecular flexibility index (Phi) is 5.66. The largest absolute Gasteiger partial charge is 0.467 e. The van der Waals surface area contributed by atoms with Gasteiger partial charge in [-0.05, 0) is 26.3 Å². The molecule has 0 aliphatic rings. The summed E-state index contributed by atoms with van der Waals surface area (Å²) in [5.74, 6) is -0.760. The van der Waals surface area contributed by atoms with E-state index in [1.54, 1.807) is 51.1 Å². The number of hydrogen-bond acceptors (Lipinski definition) is 5. The van der Waals surface area contributed by atoms with E-state index < -0.39 is 36.9 Å². The zero-order chi connectivity index (χ0) is 18.4. The number of hydrogen-bond donors (Lipinski definition) is 1. The summed E-state index contributed by atoms with van der Waals surface area (Å²) in [5, 5.41) is 2.32. The summed E-state index contributed by atoms with van der Waals surface area (Å²) in [4.78, 5) is 23.6. The van der Waals surface area contributed by atoms with Crippen LogP contribution in [0.25, 0.3) is 0 Å². The van der Waals surface area contributed by atoms with Crippen molar-refractivity contribution in [3.05, 3.63) is 35.9 Å². The number of alkyl carbamates (subject to hydrolysis) is 1. The molecule has 6 heteroatoms. The molecule has 1 aromatic rings. The maximum Gasteiger partial charge on any atom is 0.408 e. The molecule has 0 saturated carbocycles. The Balaban J connectivity index is 2.73. The Hall–Kier alpha value is -2.08. The Labute approximate surface area is 133 Å². The average Bonchev–Trinajstić information content (AvgIpc) is 2.49. The van der Waals surface area contributed by atoms with Gasteiger partial charge in [0.15, 0.2) is 6.04 Å². The summed E-state index contributed by atoms with van der Waals surface area (Å²) in [7, 11) is 1.16. The summed E-state index contributed by atoms with van der Waals surface area (Å²) in [6, 6.07) is 7.04. The maximum absolute atomic E-state index is 11.8. The summed E-state index contributed by atoms with van der Waals surface area (Å²) < 4.78 is 30.7. The van der Waals surface area contributed by atoms with Gasteiger partial charge >= 0.3 is 12.1 Å². The molecule has 0 aliphatic heterocycles. The van der Waals surface area contributed by atoms with Crippen LogP contribution in [-0.4, -0.2) is 37.4 Å². The lowest BCUT2D eigenvalue weighted by Crippen LogP contribution is -2.46. The van der Waals surface area contributed by atoms with Crippen molar-refractivity contribution < 1.29 is 26.5 Å². The first-order chi connectivity index (χ1) is 11.0. The van der Waals surface area contributed by atoms with Crippen molar-refractivity contribution in [1.82, 2.24) is 5.32 Å². The van der Waals surface area contributed by atoms with E-state index in [1.165, 1.54) is 0 Å². The summed E-state index contributed by atoms with van der Waals surface area (Å²) in [6.45, 7) is 2.52. The number of methoxy groups -OCH3 is 1. The van der Waals surface area contributed by atoms with Gasteiger partial charge in [-0.15, -0.1) is 0 Å². The summed E-state index contributed by atoms with van der Waals surface area (Å²) in [5.41, 5.74) is -0.435. The van der Waals surface area contributed by atoms with Crippen molar-refractivity contribution in [2.75, 3.05) is 13.7 Å². The Morgan fingerprint density at radius 2 is 1.91 bits per heavy atom. The van der Waals surface area contributed by atoms with E-state index in [-0.39, 0.29) is 0 Å². The number of rotatable bonds is 6. The molecule has 1 N–H and O–H groups in total. The fourth-order valence-electron chi connectivity index (χ4n) is 1.48. The normalized spacial score (nSPS) is 14.4. The lowest BCUT2D eigenvalue weighted by molar-refractivity contribution is -0.145. The standard InChI is InChI=1S/C16H23NO5/c1-16(2,3)22-15(19)17-13(14(18)20-4)11-21-10-12-8-6-5-7-9-12/h5-9,13H,10-11H2,1-4H3,(H,17,19)/t13-/m0/s1/i10D2. The van der Waals surface area contributed by atoms with Crippen LogP contribution in [0.4, 0.5) is 4.79 Å². The van der Waals surface area contributed by atoms with Crippen molar-refractivity contribution >= 4 is 12.1 Å². The molecular weight excluding hydrogens is 286 g/mol. The highest BCUT2D eigenvalue weighted by Crippen LogP contribution is 2.07. The van der Waals surface area contributed by atoms with E-state index in [0.29, 0.717) is 5.56 Å². The molecule has 122 valence electrons. The van der Waals surface area contributed by atoms with Crippen LogP contribution in [0, 0.1) is 0 Å². The number of ether oxygens (including phenoxy) is 3. The molecule has 0 spiro atoms. The summed E-state index contributed by atoms with van der Waals surface area (Å²) in [6.07, 6.45) is -0.818. The van der Waals surface area contributed by atoms with Gasteiger partial charge in [-0.1, -0.05) is 30.3 Å². The van der Waals surface area contributed by atoms with Crippen LogP contribution in [0.1, 0.15) is 29.1 Å². The van der Waals surface area contributed by atoms with Crippen LogP contribution >= 0.6 is 0 Å². The van der Waals surface area contributed by atoms with Crippen LogP contribution in [0.2, 0.25) is 0 Å². The van der Waals surface area contributed by atoms with Gasteiger partial charge in [0.05, 0.1) is 23.0 Å². The predicted octanol–water partition coefficient (Wildman–Crippen LogP) is 2.27. The van der Waals surface area contributed by atoms with Gasteiger partial charge in [-0.3, -0.25) is 0 Å². The zero-order valence-corrected chi connectivity index (χ0v) is 13.2. The van der Waals surface area contributed by atoms with Gasteiger partial charge in [0.1, 0.15) is 5.60 Å². The van der Waals surface area contributed by atoms with E-state index in [4.69, 9.17) is 12.2 Å². The smallest absolute Gasteiger partial charge is 0.408 e. The van der Waals surface area contributed by atoms with E-state index in [1.807, 2.05) is 0 Å². The van der Waals surface area contributed by atoms with Crippen LogP contribution in [-0.2, 0) is 25.6 Å². The van der Waals surface area contributed by atoms with Gasteiger partial charge < -0.3 is 19.5 Å². The van der Waals surface area contributed by atoms with Crippen molar-refractivity contribution in [2.45, 2.75) is 39.0 Å². The molecule has 1 rings (SSSR count). The average molecular weight is 311 g/mol. The maximum atomic E-state index is 11.8. The van der Waals surface area contributed by atoms with Crippen LogP contribution < -0.4 is 5.32 Å². The molecule has 0 saturated heterocycles. The minimum Gasteiger partial charge on any atom is -0.467 e. The monoisotopic (exact) mass is 311 g/mol. The molecule has 0 fully saturated rings. The van der Waals surface area contributed by atoms with Crippen molar-refractivity contribution in [3.63, 3.8) is 0 Å². The van der Waals surface area contributed by atoms with Crippen LogP contribution in [0.5, 0.6) is 0 Å². The Bertz CT molecular complexity index is 557. The van der Waals surface area contributed by atoms with Gasteiger partial charge in [-0.25, -0.2) is 9.59 Å². The second-order valence-corrected chi connectivity index (χ2v) is 5.50. The topological polar surface area (TPSA) is 73.9 Å². The second-order valence-electron chi connectivity index (χ2n) is 5.50.